The lowest BCUT2D eigenvalue weighted by Crippen LogP contribution is -2.05. The lowest BCUT2D eigenvalue weighted by atomic mass is 10.1. The number of benzene rings is 2. The topological polar surface area (TPSA) is 69.6 Å². The van der Waals surface area contributed by atoms with Crippen molar-refractivity contribution in [3.05, 3.63) is 53.3 Å². The van der Waals surface area contributed by atoms with E-state index in [1.807, 2.05) is 26.0 Å². The first-order valence-electron chi connectivity index (χ1n) is 6.48. The van der Waals surface area contributed by atoms with E-state index >= 15 is 0 Å². The Hall–Kier alpha value is -2.76. The van der Waals surface area contributed by atoms with Gasteiger partial charge in [0.25, 0.3) is 0 Å². The zero-order chi connectivity index (χ0) is 15.0. The van der Waals surface area contributed by atoms with Crippen molar-refractivity contribution < 1.29 is 4.39 Å². The van der Waals surface area contributed by atoms with Crippen LogP contribution in [0.3, 0.4) is 0 Å². The standard InChI is InChI=1S/C15H14FN5/c1-9-6-7-11(17)8-12(9)15-18-19-20-21(15)14-10(2)4-3-5-13(14)16/h3-8H,17H2,1-2H3. The number of aryl methyl sites for hydroxylation is 2. The van der Waals surface area contributed by atoms with Crippen LogP contribution in [0, 0.1) is 19.7 Å². The summed E-state index contributed by atoms with van der Waals surface area (Å²) in [5, 5.41) is 11.6. The fourth-order valence-electron chi connectivity index (χ4n) is 2.28. The van der Waals surface area contributed by atoms with Crippen LogP contribution < -0.4 is 5.73 Å². The monoisotopic (exact) mass is 283 g/mol. The molecule has 21 heavy (non-hydrogen) atoms. The van der Waals surface area contributed by atoms with Crippen molar-refractivity contribution in [1.82, 2.24) is 20.2 Å². The van der Waals surface area contributed by atoms with Gasteiger partial charge in [0.05, 0.1) is 0 Å². The molecule has 5 nitrogen and oxygen atoms in total. The molecule has 0 unspecified atom stereocenters. The first kappa shape index (κ1) is 13.2. The molecule has 0 fully saturated rings. The third-order valence-corrected chi connectivity index (χ3v) is 3.37. The molecule has 0 aliphatic carbocycles. The number of tetrazole rings is 1. The van der Waals surface area contributed by atoms with Crippen LogP contribution in [-0.4, -0.2) is 20.2 Å². The molecule has 2 aromatic carbocycles. The maximum atomic E-state index is 14.1. The highest BCUT2D eigenvalue weighted by Crippen LogP contribution is 2.27. The van der Waals surface area contributed by atoms with Crippen molar-refractivity contribution in [3.8, 4) is 17.1 Å². The van der Waals surface area contributed by atoms with Gasteiger partial charge in [-0.15, -0.1) is 5.10 Å². The molecular formula is C15H14FN5. The van der Waals surface area contributed by atoms with E-state index in [1.165, 1.54) is 10.7 Å². The number of para-hydroxylation sites is 1. The Morgan fingerprint density at radius 1 is 1.10 bits per heavy atom. The molecule has 0 saturated carbocycles. The Morgan fingerprint density at radius 2 is 1.90 bits per heavy atom. The average Bonchev–Trinajstić information content (AvgIpc) is 2.90. The molecule has 0 aliphatic heterocycles. The van der Waals surface area contributed by atoms with Gasteiger partial charge < -0.3 is 5.73 Å². The predicted octanol–water partition coefficient (Wildman–Crippen LogP) is 2.67. The lowest BCUT2D eigenvalue weighted by molar-refractivity contribution is 0.606. The number of aromatic nitrogens is 4. The van der Waals surface area contributed by atoms with E-state index in [2.05, 4.69) is 15.5 Å². The largest absolute Gasteiger partial charge is 0.399 e. The maximum absolute atomic E-state index is 14.1. The van der Waals surface area contributed by atoms with Crippen LogP contribution in [-0.2, 0) is 0 Å². The number of hydrogen-bond donors (Lipinski definition) is 1. The van der Waals surface area contributed by atoms with Gasteiger partial charge in [0.2, 0.25) is 0 Å². The normalized spacial score (nSPS) is 10.8. The van der Waals surface area contributed by atoms with Crippen molar-refractivity contribution in [1.29, 1.82) is 0 Å². The number of nitrogens with zero attached hydrogens (tertiary/aromatic N) is 4. The SMILES string of the molecule is Cc1ccc(N)cc1-c1nnnn1-c1c(C)cccc1F. The third-order valence-electron chi connectivity index (χ3n) is 3.37. The van der Waals surface area contributed by atoms with Gasteiger partial charge in [-0.3, -0.25) is 0 Å². The predicted molar refractivity (Wildman–Crippen MR) is 78.4 cm³/mol. The second-order valence-electron chi connectivity index (χ2n) is 4.89. The summed E-state index contributed by atoms with van der Waals surface area (Å²) in [4.78, 5) is 0. The van der Waals surface area contributed by atoms with Crippen molar-refractivity contribution in [2.75, 3.05) is 5.73 Å². The number of anilines is 1. The van der Waals surface area contributed by atoms with Gasteiger partial charge >= 0.3 is 0 Å². The van der Waals surface area contributed by atoms with Crippen molar-refractivity contribution >= 4 is 5.69 Å². The second kappa shape index (κ2) is 4.97. The molecule has 0 bridgehead atoms. The van der Waals surface area contributed by atoms with Crippen LogP contribution in [0.25, 0.3) is 17.1 Å². The molecule has 6 heteroatoms. The molecule has 3 aromatic rings. The number of nitrogen functional groups attached to an aromatic ring is 1. The average molecular weight is 283 g/mol. The van der Waals surface area contributed by atoms with Crippen LogP contribution in [0.2, 0.25) is 0 Å². The first-order chi connectivity index (χ1) is 10.1. The van der Waals surface area contributed by atoms with Crippen molar-refractivity contribution in [3.63, 3.8) is 0 Å². The number of halogens is 1. The molecule has 0 spiro atoms. The summed E-state index contributed by atoms with van der Waals surface area (Å²) in [6.45, 7) is 3.75. The fraction of sp³-hybridized carbons (Fsp3) is 0.133. The van der Waals surface area contributed by atoms with E-state index in [4.69, 9.17) is 5.73 Å². The highest BCUT2D eigenvalue weighted by Gasteiger charge is 2.17. The highest BCUT2D eigenvalue weighted by atomic mass is 19.1. The van der Waals surface area contributed by atoms with Crippen molar-refractivity contribution in [2.24, 2.45) is 0 Å². The molecule has 0 saturated heterocycles. The Balaban J connectivity index is 2.25. The molecule has 106 valence electrons. The molecule has 0 radical (unpaired) electrons. The van der Waals surface area contributed by atoms with Crippen LogP contribution in [0.4, 0.5) is 10.1 Å². The summed E-state index contributed by atoms with van der Waals surface area (Å²) in [5.74, 6) is 0.0955. The Morgan fingerprint density at radius 3 is 2.67 bits per heavy atom. The molecule has 1 heterocycles. The number of hydrogen-bond acceptors (Lipinski definition) is 4. The molecule has 0 amide bonds. The maximum Gasteiger partial charge on any atom is 0.187 e. The van der Waals surface area contributed by atoms with Crippen LogP contribution in [0.1, 0.15) is 11.1 Å². The molecule has 2 N–H and O–H groups in total. The van der Waals surface area contributed by atoms with Gasteiger partial charge in [-0.2, -0.15) is 4.68 Å². The lowest BCUT2D eigenvalue weighted by Gasteiger charge is -2.10. The Kier molecular flexibility index (Phi) is 3.13. The minimum atomic E-state index is -0.370. The molecular weight excluding hydrogens is 269 g/mol. The van der Waals surface area contributed by atoms with Crippen LogP contribution >= 0.6 is 0 Å². The fourth-order valence-corrected chi connectivity index (χ4v) is 2.28. The summed E-state index contributed by atoms with van der Waals surface area (Å²) in [7, 11) is 0. The van der Waals surface area contributed by atoms with E-state index in [0.29, 0.717) is 17.2 Å². The zero-order valence-electron chi connectivity index (χ0n) is 11.7. The van der Waals surface area contributed by atoms with Gasteiger partial charge in [-0.25, -0.2) is 4.39 Å². The van der Waals surface area contributed by atoms with Crippen molar-refractivity contribution in [2.45, 2.75) is 13.8 Å². The van der Waals surface area contributed by atoms with Gasteiger partial charge in [0.15, 0.2) is 5.82 Å². The third kappa shape index (κ3) is 2.24. The minimum Gasteiger partial charge on any atom is -0.399 e. The van der Waals surface area contributed by atoms with E-state index in [-0.39, 0.29) is 5.82 Å². The Bertz CT molecular complexity index is 789. The van der Waals surface area contributed by atoms with Gasteiger partial charge in [0.1, 0.15) is 11.5 Å². The highest BCUT2D eigenvalue weighted by molar-refractivity contribution is 5.66. The molecule has 1 aromatic heterocycles. The second-order valence-corrected chi connectivity index (χ2v) is 4.89. The molecule has 0 atom stereocenters. The van der Waals surface area contributed by atoms with Crippen LogP contribution in [0.15, 0.2) is 36.4 Å². The van der Waals surface area contributed by atoms with E-state index < -0.39 is 0 Å². The summed E-state index contributed by atoms with van der Waals surface area (Å²) in [6, 6.07) is 10.3. The van der Waals surface area contributed by atoms with Gasteiger partial charge in [0, 0.05) is 11.3 Å². The van der Waals surface area contributed by atoms with E-state index in [1.54, 1.807) is 18.2 Å². The molecule has 3 rings (SSSR count). The van der Waals surface area contributed by atoms with E-state index in [9.17, 15) is 4.39 Å². The van der Waals surface area contributed by atoms with Gasteiger partial charge in [-0.1, -0.05) is 18.2 Å². The quantitative estimate of drug-likeness (QED) is 0.734. The smallest absolute Gasteiger partial charge is 0.187 e. The summed E-state index contributed by atoms with van der Waals surface area (Å²) in [6.07, 6.45) is 0. The zero-order valence-corrected chi connectivity index (χ0v) is 11.7. The first-order valence-corrected chi connectivity index (χ1v) is 6.48. The molecule has 0 aliphatic rings. The minimum absolute atomic E-state index is 0.347. The summed E-state index contributed by atoms with van der Waals surface area (Å²) < 4.78 is 15.6. The van der Waals surface area contributed by atoms with Crippen LogP contribution in [0.5, 0.6) is 0 Å². The number of nitrogens with two attached hydrogens (primary N) is 1. The van der Waals surface area contributed by atoms with Gasteiger partial charge in [-0.05, 0) is 53.6 Å². The Labute approximate surface area is 121 Å². The summed E-state index contributed by atoms with van der Waals surface area (Å²) >= 11 is 0. The number of rotatable bonds is 2. The van der Waals surface area contributed by atoms with E-state index in [0.717, 1.165) is 16.7 Å². The summed E-state index contributed by atoms with van der Waals surface area (Å²) in [5.41, 5.74) is 9.29.